The molecule has 0 fully saturated rings. The lowest BCUT2D eigenvalue weighted by atomic mass is 10.3. The van der Waals surface area contributed by atoms with Crippen LogP contribution in [0.5, 0.6) is 0 Å². The van der Waals surface area contributed by atoms with Crippen LogP contribution in [0.15, 0.2) is 22.7 Å². The molecular formula is C12H17BrFNO2. The molecule has 1 aromatic carbocycles. The highest BCUT2D eigenvalue weighted by Gasteiger charge is 1.99. The molecule has 0 radical (unpaired) electrons. The monoisotopic (exact) mass is 305 g/mol. The molecule has 17 heavy (non-hydrogen) atoms. The Morgan fingerprint density at radius 3 is 2.82 bits per heavy atom. The minimum atomic E-state index is -0.251. The van der Waals surface area contributed by atoms with Crippen molar-refractivity contribution in [3.8, 4) is 0 Å². The minimum Gasteiger partial charge on any atom is -0.385 e. The van der Waals surface area contributed by atoms with Crippen molar-refractivity contribution in [3.63, 3.8) is 0 Å². The SMILES string of the molecule is COCCOCCCNc1ccc(F)c(Br)c1. The highest BCUT2D eigenvalue weighted by Crippen LogP contribution is 2.19. The van der Waals surface area contributed by atoms with E-state index in [1.807, 2.05) is 0 Å². The molecule has 0 saturated carbocycles. The maximum atomic E-state index is 13.0. The maximum Gasteiger partial charge on any atom is 0.137 e. The van der Waals surface area contributed by atoms with Crippen LogP contribution >= 0.6 is 15.9 Å². The summed E-state index contributed by atoms with van der Waals surface area (Å²) in [5.74, 6) is -0.251. The summed E-state index contributed by atoms with van der Waals surface area (Å²) in [5, 5.41) is 3.20. The van der Waals surface area contributed by atoms with Gasteiger partial charge >= 0.3 is 0 Å². The van der Waals surface area contributed by atoms with Gasteiger partial charge in [-0.3, -0.25) is 0 Å². The van der Waals surface area contributed by atoms with Crippen LogP contribution in [-0.2, 0) is 9.47 Å². The number of ether oxygens (including phenoxy) is 2. The zero-order valence-corrected chi connectivity index (χ0v) is 11.4. The molecule has 1 rings (SSSR count). The van der Waals surface area contributed by atoms with Crippen molar-refractivity contribution >= 4 is 21.6 Å². The van der Waals surface area contributed by atoms with E-state index in [0.717, 1.165) is 18.7 Å². The zero-order valence-electron chi connectivity index (χ0n) is 9.84. The van der Waals surface area contributed by atoms with Crippen LogP contribution in [0, 0.1) is 5.82 Å². The average molecular weight is 306 g/mol. The van der Waals surface area contributed by atoms with E-state index in [4.69, 9.17) is 9.47 Å². The fraction of sp³-hybridized carbons (Fsp3) is 0.500. The highest BCUT2D eigenvalue weighted by molar-refractivity contribution is 9.10. The van der Waals surface area contributed by atoms with E-state index >= 15 is 0 Å². The molecule has 5 heteroatoms. The molecule has 0 aliphatic carbocycles. The van der Waals surface area contributed by atoms with Gasteiger partial charge in [-0.2, -0.15) is 0 Å². The Labute approximate surface area is 109 Å². The van der Waals surface area contributed by atoms with E-state index in [2.05, 4.69) is 21.2 Å². The fourth-order valence-corrected chi connectivity index (χ4v) is 1.64. The molecule has 0 spiro atoms. The molecule has 1 N–H and O–H groups in total. The van der Waals surface area contributed by atoms with Crippen molar-refractivity contribution in [3.05, 3.63) is 28.5 Å². The van der Waals surface area contributed by atoms with Crippen LogP contribution in [0.2, 0.25) is 0 Å². The first-order valence-electron chi connectivity index (χ1n) is 5.49. The summed E-state index contributed by atoms with van der Waals surface area (Å²) in [4.78, 5) is 0. The Hall–Kier alpha value is -0.650. The lowest BCUT2D eigenvalue weighted by Crippen LogP contribution is -2.08. The molecule has 1 aromatic rings. The first-order valence-corrected chi connectivity index (χ1v) is 6.29. The molecule has 0 amide bonds. The summed E-state index contributed by atoms with van der Waals surface area (Å²) in [5.41, 5.74) is 0.898. The van der Waals surface area contributed by atoms with Gasteiger partial charge in [-0.15, -0.1) is 0 Å². The summed E-state index contributed by atoms with van der Waals surface area (Å²) in [6.45, 7) is 2.74. The third-order valence-corrected chi connectivity index (χ3v) is 2.75. The van der Waals surface area contributed by atoms with Crippen LogP contribution in [0.1, 0.15) is 6.42 Å². The molecule has 0 aliphatic heterocycles. The van der Waals surface area contributed by atoms with Crippen molar-refractivity contribution in [2.24, 2.45) is 0 Å². The highest BCUT2D eigenvalue weighted by atomic mass is 79.9. The minimum absolute atomic E-state index is 0.251. The van der Waals surface area contributed by atoms with Gasteiger partial charge in [0, 0.05) is 25.9 Å². The normalized spacial score (nSPS) is 10.5. The Morgan fingerprint density at radius 2 is 2.12 bits per heavy atom. The van der Waals surface area contributed by atoms with E-state index in [1.54, 1.807) is 19.2 Å². The number of hydrogen-bond acceptors (Lipinski definition) is 3. The van der Waals surface area contributed by atoms with Crippen molar-refractivity contribution in [2.75, 3.05) is 38.8 Å². The number of halogens is 2. The Bertz CT molecular complexity index is 336. The van der Waals surface area contributed by atoms with Gasteiger partial charge < -0.3 is 14.8 Å². The van der Waals surface area contributed by atoms with Crippen molar-refractivity contribution in [2.45, 2.75) is 6.42 Å². The molecule has 96 valence electrons. The molecule has 0 saturated heterocycles. The van der Waals surface area contributed by atoms with Gasteiger partial charge in [-0.25, -0.2) is 4.39 Å². The van der Waals surface area contributed by atoms with Gasteiger partial charge in [0.1, 0.15) is 5.82 Å². The molecular weight excluding hydrogens is 289 g/mol. The van der Waals surface area contributed by atoms with Crippen molar-refractivity contribution in [1.82, 2.24) is 0 Å². The molecule has 0 atom stereocenters. The summed E-state index contributed by atoms with van der Waals surface area (Å²) < 4.78 is 23.6. The predicted octanol–water partition coefficient (Wildman–Crippen LogP) is 3.05. The maximum absolute atomic E-state index is 13.0. The lowest BCUT2D eigenvalue weighted by Gasteiger charge is -2.07. The van der Waals surface area contributed by atoms with E-state index in [9.17, 15) is 4.39 Å². The second kappa shape index (κ2) is 8.44. The second-order valence-corrected chi connectivity index (χ2v) is 4.37. The van der Waals surface area contributed by atoms with Crippen LogP contribution in [0.3, 0.4) is 0 Å². The Kier molecular flexibility index (Phi) is 7.16. The van der Waals surface area contributed by atoms with E-state index in [1.165, 1.54) is 6.07 Å². The van der Waals surface area contributed by atoms with Crippen molar-refractivity contribution < 1.29 is 13.9 Å². The molecule has 0 aliphatic rings. The van der Waals surface area contributed by atoms with E-state index < -0.39 is 0 Å². The van der Waals surface area contributed by atoms with E-state index in [0.29, 0.717) is 24.3 Å². The van der Waals surface area contributed by atoms with Gasteiger partial charge in [0.15, 0.2) is 0 Å². The molecule has 0 bridgehead atoms. The summed E-state index contributed by atoms with van der Waals surface area (Å²) in [6, 6.07) is 4.87. The van der Waals surface area contributed by atoms with Crippen LogP contribution in [0.4, 0.5) is 10.1 Å². The van der Waals surface area contributed by atoms with Gasteiger partial charge in [0.05, 0.1) is 17.7 Å². The number of benzene rings is 1. The Balaban J connectivity index is 2.11. The molecule has 0 unspecified atom stereocenters. The van der Waals surface area contributed by atoms with Crippen LogP contribution < -0.4 is 5.32 Å². The number of methoxy groups -OCH3 is 1. The van der Waals surface area contributed by atoms with Gasteiger partial charge in [0.25, 0.3) is 0 Å². The summed E-state index contributed by atoms with van der Waals surface area (Å²) >= 11 is 3.14. The van der Waals surface area contributed by atoms with Crippen LogP contribution in [-0.4, -0.2) is 33.5 Å². The molecule has 0 aromatic heterocycles. The largest absolute Gasteiger partial charge is 0.385 e. The lowest BCUT2D eigenvalue weighted by molar-refractivity contribution is 0.0705. The number of nitrogens with one attached hydrogen (secondary N) is 1. The quantitative estimate of drug-likeness (QED) is 0.749. The third-order valence-electron chi connectivity index (χ3n) is 2.15. The number of hydrogen-bond donors (Lipinski definition) is 1. The summed E-state index contributed by atoms with van der Waals surface area (Å²) in [6.07, 6.45) is 0.901. The zero-order chi connectivity index (χ0) is 12.5. The predicted molar refractivity (Wildman–Crippen MR) is 69.9 cm³/mol. The van der Waals surface area contributed by atoms with Crippen LogP contribution in [0.25, 0.3) is 0 Å². The second-order valence-electron chi connectivity index (χ2n) is 3.51. The van der Waals surface area contributed by atoms with Gasteiger partial charge in [0.2, 0.25) is 0 Å². The standard InChI is InChI=1S/C12H17BrFNO2/c1-16-7-8-17-6-2-5-15-10-3-4-12(14)11(13)9-10/h3-4,9,15H,2,5-8H2,1H3. The smallest absolute Gasteiger partial charge is 0.137 e. The summed E-state index contributed by atoms with van der Waals surface area (Å²) in [7, 11) is 1.65. The third kappa shape index (κ3) is 6.00. The Morgan fingerprint density at radius 1 is 1.29 bits per heavy atom. The van der Waals surface area contributed by atoms with Gasteiger partial charge in [-0.1, -0.05) is 0 Å². The molecule has 0 heterocycles. The number of rotatable bonds is 8. The first kappa shape index (κ1) is 14.4. The number of anilines is 1. The van der Waals surface area contributed by atoms with E-state index in [-0.39, 0.29) is 5.82 Å². The van der Waals surface area contributed by atoms with Gasteiger partial charge in [-0.05, 0) is 40.5 Å². The fourth-order valence-electron chi connectivity index (χ4n) is 1.26. The van der Waals surface area contributed by atoms with Crippen molar-refractivity contribution in [1.29, 1.82) is 0 Å². The first-order chi connectivity index (χ1) is 8.24. The topological polar surface area (TPSA) is 30.5 Å². The average Bonchev–Trinajstić information content (AvgIpc) is 2.32. The molecule has 3 nitrogen and oxygen atoms in total.